The monoisotopic (exact) mass is 216 g/mol. The van der Waals surface area contributed by atoms with Gasteiger partial charge >= 0.3 is 0 Å². The number of hydrogen-bond donors (Lipinski definition) is 0. The lowest BCUT2D eigenvalue weighted by Gasteiger charge is -2.08. The highest BCUT2D eigenvalue weighted by Gasteiger charge is 2.19. The van der Waals surface area contributed by atoms with E-state index in [4.69, 9.17) is 5.26 Å². The van der Waals surface area contributed by atoms with E-state index in [1.54, 1.807) is 6.07 Å². The highest BCUT2D eigenvalue weighted by atomic mass is 19.3. The van der Waals surface area contributed by atoms with E-state index in [-0.39, 0.29) is 17.7 Å². The van der Waals surface area contributed by atoms with Crippen molar-refractivity contribution >= 4 is 0 Å². The average molecular weight is 216 g/mol. The number of alkyl halides is 2. The predicted octanol–water partition coefficient (Wildman–Crippen LogP) is 2.23. The number of halogens is 3. The minimum Gasteiger partial charge on any atom is -0.495 e. The first-order valence-electron chi connectivity index (χ1n) is 3.98. The zero-order valence-electron chi connectivity index (χ0n) is 7.80. The van der Waals surface area contributed by atoms with Crippen LogP contribution in [0.1, 0.15) is 17.7 Å². The number of nitriles is 1. The van der Waals surface area contributed by atoms with Crippen LogP contribution in [0.15, 0.2) is 6.07 Å². The van der Waals surface area contributed by atoms with E-state index in [1.807, 2.05) is 0 Å². The van der Waals surface area contributed by atoms with Crippen LogP contribution < -0.4 is 4.74 Å². The van der Waals surface area contributed by atoms with Gasteiger partial charge in [-0.05, 0) is 6.07 Å². The van der Waals surface area contributed by atoms with Gasteiger partial charge in [0.15, 0.2) is 5.69 Å². The van der Waals surface area contributed by atoms with Gasteiger partial charge in [-0.25, -0.2) is 13.8 Å². The molecule has 0 aromatic carbocycles. The Morgan fingerprint density at radius 3 is 2.73 bits per heavy atom. The maximum Gasteiger partial charge on any atom is 0.284 e. The molecule has 0 bridgehead atoms. The maximum atomic E-state index is 13.1. The van der Waals surface area contributed by atoms with E-state index in [9.17, 15) is 13.2 Å². The van der Waals surface area contributed by atoms with Crippen molar-refractivity contribution in [2.75, 3.05) is 7.11 Å². The van der Waals surface area contributed by atoms with Gasteiger partial charge in [-0.2, -0.15) is 9.65 Å². The highest BCUT2D eigenvalue weighted by Crippen LogP contribution is 2.28. The summed E-state index contributed by atoms with van der Waals surface area (Å²) in [7, 11) is 1.18. The molecule has 1 rings (SSSR count). The summed E-state index contributed by atoms with van der Waals surface area (Å²) in [6.07, 6.45) is -3.15. The molecule has 0 unspecified atom stereocenters. The normalized spacial score (nSPS) is 10.1. The molecule has 1 aromatic rings. The molecule has 0 aliphatic rings. The molecule has 15 heavy (non-hydrogen) atoms. The molecule has 0 saturated heterocycles. The van der Waals surface area contributed by atoms with Crippen LogP contribution in [0, 0.1) is 17.3 Å². The van der Waals surface area contributed by atoms with Crippen molar-refractivity contribution in [3.05, 3.63) is 23.3 Å². The van der Waals surface area contributed by atoms with Gasteiger partial charge in [0.2, 0.25) is 5.95 Å². The molecule has 0 amide bonds. The molecule has 0 aliphatic carbocycles. The quantitative estimate of drug-likeness (QED) is 0.728. The zero-order chi connectivity index (χ0) is 11.4. The van der Waals surface area contributed by atoms with Crippen molar-refractivity contribution in [2.45, 2.75) is 12.8 Å². The van der Waals surface area contributed by atoms with E-state index in [0.29, 0.717) is 0 Å². The van der Waals surface area contributed by atoms with Crippen molar-refractivity contribution in [1.82, 2.24) is 4.98 Å². The SMILES string of the molecule is COc1cc(CC#N)c(F)nc1C(F)F. The third-order valence-corrected chi connectivity index (χ3v) is 1.74. The Bertz CT molecular complexity index is 401. The number of ether oxygens (including phenoxy) is 1. The van der Waals surface area contributed by atoms with Crippen molar-refractivity contribution in [3.8, 4) is 11.8 Å². The molecule has 6 heteroatoms. The van der Waals surface area contributed by atoms with Crippen molar-refractivity contribution < 1.29 is 17.9 Å². The van der Waals surface area contributed by atoms with Gasteiger partial charge in [0, 0.05) is 5.56 Å². The number of methoxy groups -OCH3 is 1. The number of aromatic nitrogens is 1. The lowest BCUT2D eigenvalue weighted by Crippen LogP contribution is -2.02. The standard InChI is InChI=1S/C9H7F3N2O/c1-15-6-4-5(2-3-13)9(12)14-7(6)8(10)11/h4,8H,2H2,1H3. The van der Waals surface area contributed by atoms with E-state index in [1.165, 1.54) is 7.11 Å². The summed E-state index contributed by atoms with van der Waals surface area (Å²) in [6.45, 7) is 0. The summed E-state index contributed by atoms with van der Waals surface area (Å²) in [6, 6.07) is 2.76. The molecular weight excluding hydrogens is 209 g/mol. The van der Waals surface area contributed by atoms with Gasteiger partial charge in [0.05, 0.1) is 19.6 Å². The van der Waals surface area contributed by atoms with Gasteiger partial charge in [-0.3, -0.25) is 0 Å². The molecule has 0 aliphatic heterocycles. The Hall–Kier alpha value is -1.77. The molecular formula is C9H7F3N2O. The number of rotatable bonds is 3. The molecule has 0 saturated carbocycles. The number of pyridine rings is 1. The predicted molar refractivity (Wildman–Crippen MR) is 45.0 cm³/mol. The van der Waals surface area contributed by atoms with Crippen LogP contribution in [0.3, 0.4) is 0 Å². The second kappa shape index (κ2) is 4.64. The molecule has 3 nitrogen and oxygen atoms in total. The smallest absolute Gasteiger partial charge is 0.284 e. The zero-order valence-corrected chi connectivity index (χ0v) is 7.80. The highest BCUT2D eigenvalue weighted by molar-refractivity contribution is 5.34. The van der Waals surface area contributed by atoms with Gasteiger partial charge in [-0.15, -0.1) is 0 Å². The molecule has 0 radical (unpaired) electrons. The fraction of sp³-hybridized carbons (Fsp3) is 0.333. The van der Waals surface area contributed by atoms with Crippen LogP contribution in [0.2, 0.25) is 0 Å². The lowest BCUT2D eigenvalue weighted by molar-refractivity contribution is 0.140. The fourth-order valence-electron chi connectivity index (χ4n) is 1.05. The molecule has 0 N–H and O–H groups in total. The van der Waals surface area contributed by atoms with Gasteiger partial charge < -0.3 is 4.74 Å². The fourth-order valence-corrected chi connectivity index (χ4v) is 1.05. The molecule has 0 atom stereocenters. The Kier molecular flexibility index (Phi) is 3.50. The Morgan fingerprint density at radius 1 is 1.60 bits per heavy atom. The Balaban J connectivity index is 3.24. The second-order valence-electron chi connectivity index (χ2n) is 2.66. The van der Waals surface area contributed by atoms with Gasteiger partial charge in [0.25, 0.3) is 6.43 Å². The molecule has 0 fully saturated rings. The van der Waals surface area contributed by atoms with Gasteiger partial charge in [0.1, 0.15) is 5.75 Å². The number of nitrogens with zero attached hydrogens (tertiary/aromatic N) is 2. The summed E-state index contributed by atoms with van der Waals surface area (Å²) in [4.78, 5) is 3.07. The van der Waals surface area contributed by atoms with Crippen LogP contribution >= 0.6 is 0 Å². The van der Waals surface area contributed by atoms with E-state index < -0.39 is 18.1 Å². The van der Waals surface area contributed by atoms with Crippen molar-refractivity contribution in [3.63, 3.8) is 0 Å². The summed E-state index contributed by atoms with van der Waals surface area (Å²) in [5.74, 6) is -1.27. The molecule has 80 valence electrons. The van der Waals surface area contributed by atoms with Gasteiger partial charge in [-0.1, -0.05) is 0 Å². The van der Waals surface area contributed by atoms with Crippen LogP contribution in [0.5, 0.6) is 5.75 Å². The van der Waals surface area contributed by atoms with E-state index in [0.717, 1.165) is 6.07 Å². The average Bonchev–Trinajstić information content (AvgIpc) is 2.20. The molecule has 0 spiro atoms. The number of hydrogen-bond acceptors (Lipinski definition) is 3. The van der Waals surface area contributed by atoms with E-state index in [2.05, 4.69) is 9.72 Å². The maximum absolute atomic E-state index is 13.1. The summed E-state index contributed by atoms with van der Waals surface area (Å²) in [5, 5.41) is 8.35. The van der Waals surface area contributed by atoms with Crippen LogP contribution in [0.4, 0.5) is 13.2 Å². The van der Waals surface area contributed by atoms with Crippen LogP contribution in [-0.2, 0) is 6.42 Å². The third kappa shape index (κ3) is 2.37. The first kappa shape index (κ1) is 11.3. The van der Waals surface area contributed by atoms with Crippen molar-refractivity contribution in [2.24, 2.45) is 0 Å². The van der Waals surface area contributed by atoms with Crippen LogP contribution in [-0.4, -0.2) is 12.1 Å². The minimum absolute atomic E-state index is 0.0567. The first-order chi connectivity index (χ1) is 7.10. The molecule has 1 heterocycles. The Morgan fingerprint density at radius 2 is 2.27 bits per heavy atom. The topological polar surface area (TPSA) is 45.9 Å². The van der Waals surface area contributed by atoms with Crippen molar-refractivity contribution in [1.29, 1.82) is 5.26 Å². The van der Waals surface area contributed by atoms with Crippen LogP contribution in [0.25, 0.3) is 0 Å². The summed E-state index contributed by atoms with van der Waals surface area (Å²) >= 11 is 0. The Labute approximate surface area is 84.1 Å². The molecule has 1 aromatic heterocycles. The largest absolute Gasteiger partial charge is 0.495 e. The minimum atomic E-state index is -2.91. The first-order valence-corrected chi connectivity index (χ1v) is 3.98. The lowest BCUT2D eigenvalue weighted by atomic mass is 10.2. The second-order valence-corrected chi connectivity index (χ2v) is 2.66. The third-order valence-electron chi connectivity index (χ3n) is 1.74. The summed E-state index contributed by atoms with van der Waals surface area (Å²) in [5.41, 5.74) is -0.810. The van der Waals surface area contributed by atoms with E-state index >= 15 is 0 Å². The summed E-state index contributed by atoms with van der Waals surface area (Å²) < 4.78 is 42.4.